The predicted molar refractivity (Wildman–Crippen MR) is 214 cm³/mol. The molecular formula is C41H56N6O7. The average molecular weight is 745 g/mol. The Kier molecular flexibility index (Phi) is 23.7. The second-order valence-electron chi connectivity index (χ2n) is 13.2. The number of amides is 3. The van der Waals surface area contributed by atoms with Crippen molar-refractivity contribution in [3.63, 3.8) is 0 Å². The lowest BCUT2D eigenvalue weighted by Gasteiger charge is -2.28. The number of benzene rings is 2. The number of ether oxygens (including phenoxy) is 2. The van der Waals surface area contributed by atoms with Gasteiger partial charge in [-0.25, -0.2) is 14.4 Å². The number of nitrogens with zero attached hydrogens (tertiary/aromatic N) is 2. The van der Waals surface area contributed by atoms with E-state index in [2.05, 4.69) is 46.8 Å². The number of para-hydroxylation sites is 2. The van der Waals surface area contributed by atoms with Crippen LogP contribution in [-0.4, -0.2) is 76.4 Å². The summed E-state index contributed by atoms with van der Waals surface area (Å²) in [5, 5.41) is 11.4. The number of nitrogens with one attached hydrogen (secondary N) is 1. The van der Waals surface area contributed by atoms with Gasteiger partial charge in [-0.1, -0.05) is 42.3 Å². The van der Waals surface area contributed by atoms with Crippen molar-refractivity contribution in [1.82, 2.24) is 15.1 Å². The monoisotopic (exact) mass is 744 g/mol. The molecule has 0 saturated carbocycles. The van der Waals surface area contributed by atoms with E-state index in [1.54, 1.807) is 61.5 Å². The van der Waals surface area contributed by atoms with E-state index in [1.807, 2.05) is 42.5 Å². The lowest BCUT2D eigenvalue weighted by atomic mass is 10.2. The van der Waals surface area contributed by atoms with Crippen LogP contribution in [0.25, 0.3) is 0 Å². The van der Waals surface area contributed by atoms with E-state index in [4.69, 9.17) is 38.2 Å². The number of nitrogen functional groups attached to an aromatic ring is 2. The lowest BCUT2D eigenvalue weighted by molar-refractivity contribution is -0.142. The number of aliphatic carboxylic acids is 1. The van der Waals surface area contributed by atoms with Gasteiger partial charge in [0.15, 0.2) is 0 Å². The van der Waals surface area contributed by atoms with Crippen molar-refractivity contribution >= 4 is 35.4 Å². The van der Waals surface area contributed by atoms with Crippen LogP contribution in [-0.2, 0) is 32.2 Å². The highest BCUT2D eigenvalue weighted by atomic mass is 16.6. The minimum Gasteiger partial charge on any atom is -0.480 e. The Morgan fingerprint density at radius 1 is 0.759 bits per heavy atom. The van der Waals surface area contributed by atoms with Crippen molar-refractivity contribution < 1.29 is 33.8 Å². The van der Waals surface area contributed by atoms with Crippen molar-refractivity contribution in [3.8, 4) is 47.9 Å². The van der Waals surface area contributed by atoms with Crippen LogP contribution in [0.5, 0.6) is 0 Å². The smallest absolute Gasteiger partial charge is 0.410 e. The first kappa shape index (κ1) is 49.8. The van der Waals surface area contributed by atoms with Gasteiger partial charge in [0.1, 0.15) is 23.3 Å². The maximum Gasteiger partial charge on any atom is 0.410 e. The van der Waals surface area contributed by atoms with Crippen LogP contribution in [0.3, 0.4) is 0 Å². The highest BCUT2D eigenvalue weighted by Crippen LogP contribution is 2.13. The number of likely N-dealkylation sites (N-methyl/N-ethyl adjacent to an activating group) is 2. The third-order valence-corrected chi connectivity index (χ3v) is 6.49. The molecule has 0 unspecified atom stereocenters. The van der Waals surface area contributed by atoms with Crippen molar-refractivity contribution in [2.45, 2.75) is 98.7 Å². The first-order valence-corrected chi connectivity index (χ1v) is 16.7. The van der Waals surface area contributed by atoms with Crippen LogP contribution in [0.1, 0.15) is 73.4 Å². The van der Waals surface area contributed by atoms with E-state index in [9.17, 15) is 19.2 Å². The number of hydrogen-bond acceptors (Lipinski definition) is 9. The quantitative estimate of drug-likeness (QED) is 0.193. The Morgan fingerprint density at radius 3 is 1.54 bits per heavy atom. The molecule has 0 aliphatic heterocycles. The molecule has 2 rings (SSSR count). The zero-order valence-corrected chi connectivity index (χ0v) is 33.3. The number of rotatable bonds is 7. The maximum absolute atomic E-state index is 12.1. The molecule has 13 nitrogen and oxygen atoms in total. The number of carbonyl (C=O) groups is 4. The topological polar surface area (TPSA) is 204 Å². The van der Waals surface area contributed by atoms with Crippen LogP contribution in [0, 0.1) is 47.9 Å². The second-order valence-corrected chi connectivity index (χ2v) is 13.2. The number of terminal acetylenes is 1. The molecule has 0 saturated heterocycles. The molecule has 54 heavy (non-hydrogen) atoms. The summed E-state index contributed by atoms with van der Waals surface area (Å²) < 4.78 is 10.2. The minimum atomic E-state index is -1.06. The molecule has 0 fully saturated rings. The zero-order chi connectivity index (χ0) is 42.1. The summed E-state index contributed by atoms with van der Waals surface area (Å²) in [6, 6.07) is 13.4. The van der Waals surface area contributed by atoms with Gasteiger partial charge >= 0.3 is 18.2 Å². The van der Waals surface area contributed by atoms with E-state index in [-0.39, 0.29) is 5.91 Å². The standard InChI is InChI=1S/C16H25N3O3.C9H17NO4.C9H4.C7H10N2/c1-11(19(5)15(21)22-16(2,3)4)14(20)18-10-12-8-6-7-9-13(12)17;1-6(7(11)12)10(5)8(13)14-9(2,3)4;1-3-5-7-9-8-6-4-2;8-5-6-3-1-2-4-7(6)9/h6-9,11H,10,17H2,1-5H3,(H,18,20);6H,1-5H3,(H,11,12);1H,2H3;1-4H,5,8-9H2/t11-;6-;;/m00../s1. The molecule has 0 aliphatic carbocycles. The second kappa shape index (κ2) is 25.6. The fourth-order valence-electron chi connectivity index (χ4n) is 3.26. The first-order chi connectivity index (χ1) is 25.0. The molecule has 2 aromatic carbocycles. The number of nitrogens with two attached hydrogens (primary N) is 3. The van der Waals surface area contributed by atoms with Gasteiger partial charge < -0.3 is 37.1 Å². The summed E-state index contributed by atoms with van der Waals surface area (Å²) in [4.78, 5) is 48.3. The number of carbonyl (C=O) groups excluding carboxylic acids is 3. The van der Waals surface area contributed by atoms with Crippen molar-refractivity contribution in [1.29, 1.82) is 0 Å². The van der Waals surface area contributed by atoms with Gasteiger partial charge in [0, 0.05) is 38.6 Å². The van der Waals surface area contributed by atoms with Crippen LogP contribution >= 0.6 is 0 Å². The summed E-state index contributed by atoms with van der Waals surface area (Å²) in [7, 11) is 2.93. The number of carboxylic acids is 1. The average Bonchev–Trinajstić information content (AvgIpc) is 3.09. The van der Waals surface area contributed by atoms with Crippen LogP contribution in [0.2, 0.25) is 0 Å². The molecule has 2 aromatic rings. The first-order valence-electron chi connectivity index (χ1n) is 16.7. The fraction of sp³-hybridized carbons (Fsp3) is 0.415. The molecule has 0 radical (unpaired) electrons. The van der Waals surface area contributed by atoms with Gasteiger partial charge in [0.2, 0.25) is 5.91 Å². The van der Waals surface area contributed by atoms with Gasteiger partial charge in [-0.3, -0.25) is 14.6 Å². The Hall–Kier alpha value is -6.28. The highest BCUT2D eigenvalue weighted by Gasteiger charge is 2.27. The summed E-state index contributed by atoms with van der Waals surface area (Å²) in [6.07, 6.45) is 3.65. The summed E-state index contributed by atoms with van der Waals surface area (Å²) in [6.45, 7) is 16.1. The Labute approximate surface area is 321 Å². The number of anilines is 2. The highest BCUT2D eigenvalue weighted by molar-refractivity contribution is 5.85. The third-order valence-electron chi connectivity index (χ3n) is 6.49. The number of hydrogen-bond donors (Lipinski definition) is 5. The van der Waals surface area contributed by atoms with Gasteiger partial charge in [0.25, 0.3) is 0 Å². The molecule has 8 N–H and O–H groups in total. The molecule has 0 aliphatic rings. The summed E-state index contributed by atoms with van der Waals surface area (Å²) >= 11 is 0. The third kappa shape index (κ3) is 23.2. The van der Waals surface area contributed by atoms with Crippen LogP contribution in [0.15, 0.2) is 48.5 Å². The molecule has 292 valence electrons. The van der Waals surface area contributed by atoms with E-state index >= 15 is 0 Å². The fourth-order valence-corrected chi connectivity index (χ4v) is 3.26. The number of carboxylic acid groups (broad SMARTS) is 1. The molecule has 2 atom stereocenters. The van der Waals surface area contributed by atoms with Gasteiger partial charge in [-0.05, 0) is 121 Å². The summed E-state index contributed by atoms with van der Waals surface area (Å²) in [5.41, 5.74) is 18.8. The normalized spacial score (nSPS) is 10.6. The van der Waals surface area contributed by atoms with Crippen molar-refractivity contribution in [3.05, 3.63) is 59.7 Å². The largest absolute Gasteiger partial charge is 0.480 e. The Bertz CT molecular complexity index is 1750. The van der Waals surface area contributed by atoms with E-state index in [0.29, 0.717) is 18.8 Å². The molecule has 0 bridgehead atoms. The molecule has 3 amide bonds. The lowest BCUT2D eigenvalue weighted by Crippen LogP contribution is -2.47. The van der Waals surface area contributed by atoms with E-state index in [1.165, 1.54) is 25.9 Å². The predicted octanol–water partition coefficient (Wildman–Crippen LogP) is 4.84. The molecule has 0 heterocycles. The summed E-state index contributed by atoms with van der Waals surface area (Å²) in [5.74, 6) is 15.6. The molecule has 13 heteroatoms. The van der Waals surface area contributed by atoms with Gasteiger partial charge in [-0.2, -0.15) is 0 Å². The Morgan fingerprint density at radius 2 is 1.17 bits per heavy atom. The zero-order valence-electron chi connectivity index (χ0n) is 33.3. The molecule has 0 aromatic heterocycles. The van der Waals surface area contributed by atoms with Crippen LogP contribution in [0.4, 0.5) is 21.0 Å². The van der Waals surface area contributed by atoms with Crippen LogP contribution < -0.4 is 22.5 Å². The van der Waals surface area contributed by atoms with E-state index < -0.39 is 41.4 Å². The minimum absolute atomic E-state index is 0.267. The molecular weight excluding hydrogens is 688 g/mol. The molecule has 0 spiro atoms. The van der Waals surface area contributed by atoms with E-state index in [0.717, 1.165) is 21.7 Å². The van der Waals surface area contributed by atoms with Crippen molar-refractivity contribution in [2.75, 3.05) is 25.6 Å². The maximum atomic E-state index is 12.1. The van der Waals surface area contributed by atoms with Crippen molar-refractivity contribution in [2.24, 2.45) is 5.73 Å². The van der Waals surface area contributed by atoms with Gasteiger partial charge in [0.05, 0.1) is 0 Å². The van der Waals surface area contributed by atoms with Gasteiger partial charge in [-0.15, -0.1) is 6.42 Å². The SMILES string of the molecule is C#CC#CC#CC#CC.C[C@@H](C(=O)NCc1ccccc1N)N(C)C(=O)OC(C)(C)C.C[C@@H](C(=O)O)N(C)C(=O)OC(C)(C)C.NCc1ccccc1N. The Balaban J connectivity index is 0.